The van der Waals surface area contributed by atoms with Crippen molar-refractivity contribution in [2.75, 3.05) is 18.2 Å². The van der Waals surface area contributed by atoms with Crippen LogP contribution in [0, 0.1) is 10.1 Å². The molecule has 18 heavy (non-hydrogen) atoms. The number of hydrogen-bond donors (Lipinski definition) is 2. The number of aromatic nitrogens is 1. The van der Waals surface area contributed by atoms with Gasteiger partial charge in [-0.3, -0.25) is 10.1 Å². The van der Waals surface area contributed by atoms with E-state index in [0.717, 1.165) is 19.3 Å². The third-order valence-electron chi connectivity index (χ3n) is 3.19. The highest BCUT2D eigenvalue weighted by molar-refractivity contribution is 5.57. The van der Waals surface area contributed by atoms with E-state index in [4.69, 9.17) is 10.5 Å². The molecule has 0 bridgehead atoms. The van der Waals surface area contributed by atoms with Gasteiger partial charge in [0.05, 0.1) is 17.1 Å². The second-order valence-electron chi connectivity index (χ2n) is 4.31. The van der Waals surface area contributed by atoms with Gasteiger partial charge in [0.2, 0.25) is 5.82 Å². The number of nitrogens with one attached hydrogen (secondary N) is 1. The maximum Gasteiger partial charge on any atom is 0.311 e. The van der Waals surface area contributed by atoms with E-state index in [1.807, 2.05) is 0 Å². The summed E-state index contributed by atoms with van der Waals surface area (Å²) in [5, 5.41) is 13.8. The molecule has 1 fully saturated rings. The van der Waals surface area contributed by atoms with Crippen LogP contribution in [0.1, 0.15) is 19.3 Å². The monoisotopic (exact) mass is 252 g/mol. The second kappa shape index (κ2) is 5.18. The molecule has 1 aromatic heterocycles. The zero-order valence-electron chi connectivity index (χ0n) is 10.1. The van der Waals surface area contributed by atoms with Crippen LogP contribution in [-0.2, 0) is 4.74 Å². The molecule has 1 aromatic rings. The first-order valence-electron chi connectivity index (χ1n) is 5.82. The van der Waals surface area contributed by atoms with E-state index in [1.165, 1.54) is 6.07 Å². The molecule has 7 heteroatoms. The number of rotatable bonds is 4. The minimum atomic E-state index is -0.542. The van der Waals surface area contributed by atoms with Crippen molar-refractivity contribution < 1.29 is 9.66 Å². The van der Waals surface area contributed by atoms with E-state index in [-0.39, 0.29) is 23.7 Å². The highest BCUT2D eigenvalue weighted by Gasteiger charge is 2.27. The summed E-state index contributed by atoms with van der Waals surface area (Å²) < 4.78 is 5.36. The van der Waals surface area contributed by atoms with Crippen LogP contribution in [0.3, 0.4) is 0 Å². The Hall–Kier alpha value is -1.89. The molecule has 0 spiro atoms. The second-order valence-corrected chi connectivity index (χ2v) is 4.31. The Morgan fingerprint density at radius 2 is 2.33 bits per heavy atom. The fourth-order valence-electron chi connectivity index (χ4n) is 2.27. The van der Waals surface area contributed by atoms with Gasteiger partial charge in [0.25, 0.3) is 0 Å². The van der Waals surface area contributed by atoms with Crippen molar-refractivity contribution in [2.45, 2.75) is 31.4 Å². The Kier molecular flexibility index (Phi) is 3.61. The van der Waals surface area contributed by atoms with Crippen molar-refractivity contribution in [3.63, 3.8) is 0 Å². The highest BCUT2D eigenvalue weighted by atomic mass is 16.6. The van der Waals surface area contributed by atoms with Crippen LogP contribution in [0.4, 0.5) is 17.3 Å². The molecule has 0 radical (unpaired) electrons. The third kappa shape index (κ3) is 2.51. The predicted octanol–water partition coefficient (Wildman–Crippen LogP) is 1.55. The van der Waals surface area contributed by atoms with E-state index < -0.39 is 4.92 Å². The summed E-state index contributed by atoms with van der Waals surface area (Å²) in [6.07, 6.45) is 3.26. The number of methoxy groups -OCH3 is 1. The van der Waals surface area contributed by atoms with Gasteiger partial charge < -0.3 is 15.8 Å². The fourth-order valence-corrected chi connectivity index (χ4v) is 2.27. The minimum Gasteiger partial charge on any atom is -0.379 e. The number of ether oxygens (including phenoxy) is 1. The summed E-state index contributed by atoms with van der Waals surface area (Å²) in [5.41, 5.74) is 5.37. The Balaban J connectivity index is 2.10. The van der Waals surface area contributed by atoms with Gasteiger partial charge in [-0.15, -0.1) is 0 Å². The summed E-state index contributed by atoms with van der Waals surface area (Å²) in [6, 6.07) is 3.12. The van der Waals surface area contributed by atoms with Crippen LogP contribution in [-0.4, -0.2) is 29.2 Å². The summed E-state index contributed by atoms with van der Waals surface area (Å²) >= 11 is 0. The molecule has 0 aliphatic heterocycles. The summed E-state index contributed by atoms with van der Waals surface area (Å²) in [4.78, 5) is 14.1. The molecule has 0 saturated heterocycles. The van der Waals surface area contributed by atoms with Gasteiger partial charge in [0.15, 0.2) is 0 Å². The standard InChI is InChI=1S/C11H16N4O3/c1-18-9-4-2-3-7(9)13-10-6-5-8(15(16)17)11(12)14-10/h5-7,9H,2-4H2,1H3,(H3,12,13,14). The molecule has 1 heterocycles. The van der Waals surface area contributed by atoms with Crippen LogP contribution in [0.5, 0.6) is 0 Å². The van der Waals surface area contributed by atoms with E-state index in [0.29, 0.717) is 5.82 Å². The molecule has 98 valence electrons. The van der Waals surface area contributed by atoms with Gasteiger partial charge in [0, 0.05) is 13.2 Å². The lowest BCUT2D eigenvalue weighted by molar-refractivity contribution is -0.384. The molecular formula is C11H16N4O3. The van der Waals surface area contributed by atoms with Gasteiger partial charge >= 0.3 is 5.69 Å². The van der Waals surface area contributed by atoms with Crippen molar-refractivity contribution in [3.05, 3.63) is 22.2 Å². The molecule has 1 saturated carbocycles. The van der Waals surface area contributed by atoms with Crippen LogP contribution < -0.4 is 11.1 Å². The molecule has 3 N–H and O–H groups in total. The number of nitro groups is 1. The first kappa shape index (κ1) is 12.6. The van der Waals surface area contributed by atoms with Crippen molar-refractivity contribution in [1.82, 2.24) is 4.98 Å². The minimum absolute atomic E-state index is 0.0723. The van der Waals surface area contributed by atoms with E-state index in [1.54, 1.807) is 13.2 Å². The predicted molar refractivity (Wildman–Crippen MR) is 67.4 cm³/mol. The van der Waals surface area contributed by atoms with Gasteiger partial charge in [-0.05, 0) is 25.3 Å². The van der Waals surface area contributed by atoms with Crippen molar-refractivity contribution in [3.8, 4) is 0 Å². The lowest BCUT2D eigenvalue weighted by Crippen LogP contribution is -2.30. The average molecular weight is 252 g/mol. The maximum atomic E-state index is 10.6. The largest absolute Gasteiger partial charge is 0.379 e. The van der Waals surface area contributed by atoms with Crippen molar-refractivity contribution in [1.29, 1.82) is 0 Å². The fraction of sp³-hybridized carbons (Fsp3) is 0.545. The molecule has 1 aliphatic rings. The maximum absolute atomic E-state index is 10.6. The highest BCUT2D eigenvalue weighted by Crippen LogP contribution is 2.26. The molecular weight excluding hydrogens is 236 g/mol. The number of anilines is 2. The Morgan fingerprint density at radius 3 is 2.94 bits per heavy atom. The van der Waals surface area contributed by atoms with Gasteiger partial charge in [0.1, 0.15) is 5.82 Å². The third-order valence-corrected chi connectivity index (χ3v) is 3.19. The Labute approximate surface area is 104 Å². The Morgan fingerprint density at radius 1 is 1.56 bits per heavy atom. The van der Waals surface area contributed by atoms with Crippen LogP contribution in [0.2, 0.25) is 0 Å². The van der Waals surface area contributed by atoms with E-state index >= 15 is 0 Å². The molecule has 2 rings (SSSR count). The van der Waals surface area contributed by atoms with Crippen molar-refractivity contribution in [2.24, 2.45) is 0 Å². The molecule has 0 amide bonds. The average Bonchev–Trinajstić information content (AvgIpc) is 2.76. The first-order chi connectivity index (χ1) is 8.61. The lowest BCUT2D eigenvalue weighted by Gasteiger charge is -2.20. The Bertz CT molecular complexity index is 452. The van der Waals surface area contributed by atoms with Crippen molar-refractivity contribution >= 4 is 17.3 Å². The number of nitrogens with two attached hydrogens (primary N) is 1. The number of pyridine rings is 1. The number of hydrogen-bond acceptors (Lipinski definition) is 6. The van der Waals surface area contributed by atoms with E-state index in [2.05, 4.69) is 10.3 Å². The number of nitrogen functional groups attached to an aromatic ring is 1. The topological polar surface area (TPSA) is 103 Å². The summed E-state index contributed by atoms with van der Waals surface area (Å²) in [7, 11) is 1.68. The molecule has 1 aliphatic carbocycles. The molecule has 2 atom stereocenters. The summed E-state index contributed by atoms with van der Waals surface area (Å²) in [5.74, 6) is 0.476. The smallest absolute Gasteiger partial charge is 0.311 e. The quantitative estimate of drug-likeness (QED) is 0.622. The van der Waals surface area contributed by atoms with E-state index in [9.17, 15) is 10.1 Å². The SMILES string of the molecule is COC1CCCC1Nc1ccc([N+](=O)[O-])c(N)n1. The zero-order chi connectivity index (χ0) is 13.1. The first-order valence-corrected chi connectivity index (χ1v) is 5.82. The van der Waals surface area contributed by atoms with Crippen LogP contribution >= 0.6 is 0 Å². The normalized spacial score (nSPS) is 22.9. The molecule has 2 unspecified atom stereocenters. The van der Waals surface area contributed by atoms with Gasteiger partial charge in [-0.2, -0.15) is 0 Å². The lowest BCUT2D eigenvalue weighted by atomic mass is 10.2. The van der Waals surface area contributed by atoms with Gasteiger partial charge in [-0.1, -0.05) is 0 Å². The summed E-state index contributed by atoms with van der Waals surface area (Å²) in [6.45, 7) is 0. The van der Waals surface area contributed by atoms with Gasteiger partial charge in [-0.25, -0.2) is 4.98 Å². The molecule has 0 aromatic carbocycles. The van der Waals surface area contributed by atoms with Crippen LogP contribution in [0.25, 0.3) is 0 Å². The number of nitrogens with zero attached hydrogens (tertiary/aromatic N) is 2. The van der Waals surface area contributed by atoms with Crippen LogP contribution in [0.15, 0.2) is 12.1 Å². The zero-order valence-corrected chi connectivity index (χ0v) is 10.1. The molecule has 7 nitrogen and oxygen atoms in total.